The molecule has 0 aliphatic carbocycles. The normalized spacial score (nSPS) is 13.1. The topological polar surface area (TPSA) is 76.1 Å². The molecule has 0 aliphatic heterocycles. The van der Waals surface area contributed by atoms with Crippen LogP contribution in [0, 0.1) is 17.8 Å². The van der Waals surface area contributed by atoms with Crippen LogP contribution in [0.15, 0.2) is 0 Å². The second-order valence-corrected chi connectivity index (χ2v) is 17.1. The molecule has 0 saturated heterocycles. The molecule has 0 fully saturated rings. The molecule has 7 heteroatoms. The van der Waals surface area contributed by atoms with Crippen molar-refractivity contribution in [3.63, 3.8) is 0 Å². The number of nitrogens with zero attached hydrogens (tertiary/aromatic N) is 2. The Morgan fingerprint density at radius 1 is 0.393 bits per heavy atom. The van der Waals surface area contributed by atoms with Gasteiger partial charge in [-0.05, 0) is 64.6 Å². The monoisotopic (exact) mass is 793 g/mol. The van der Waals surface area contributed by atoms with Crippen molar-refractivity contribution in [2.45, 2.75) is 235 Å². The number of esters is 2. The summed E-state index contributed by atoms with van der Waals surface area (Å²) in [5, 5.41) is 0. The van der Waals surface area contributed by atoms with Gasteiger partial charge in [0.2, 0.25) is 5.91 Å². The van der Waals surface area contributed by atoms with Crippen LogP contribution < -0.4 is 0 Å². The van der Waals surface area contributed by atoms with Gasteiger partial charge in [0.15, 0.2) is 0 Å². The van der Waals surface area contributed by atoms with Gasteiger partial charge >= 0.3 is 11.9 Å². The highest BCUT2D eigenvalue weighted by atomic mass is 16.5. The van der Waals surface area contributed by atoms with E-state index in [1.807, 2.05) is 11.8 Å². The molecule has 0 aromatic carbocycles. The van der Waals surface area contributed by atoms with Crippen molar-refractivity contribution in [1.29, 1.82) is 0 Å². The molecular weight excluding hydrogens is 697 g/mol. The molecule has 0 N–H and O–H groups in total. The molecule has 332 valence electrons. The number of unbranched alkanes of at least 4 members (excludes halogenated alkanes) is 18. The molecule has 0 saturated carbocycles. The van der Waals surface area contributed by atoms with E-state index in [-0.39, 0.29) is 48.8 Å². The van der Waals surface area contributed by atoms with E-state index in [4.69, 9.17) is 9.47 Å². The second-order valence-electron chi connectivity index (χ2n) is 17.1. The lowest BCUT2D eigenvalue weighted by molar-refractivity contribution is -0.153. The van der Waals surface area contributed by atoms with E-state index in [0.717, 1.165) is 90.3 Å². The smallest absolute Gasteiger partial charge is 0.308 e. The lowest BCUT2D eigenvalue weighted by atomic mass is 9.94. The molecule has 0 radical (unpaired) electrons. The average Bonchev–Trinajstić information content (AvgIpc) is 3.20. The first-order valence-electron chi connectivity index (χ1n) is 24.6. The Kier molecular flexibility index (Phi) is 39.0. The Hall–Kier alpha value is -1.63. The van der Waals surface area contributed by atoms with Gasteiger partial charge in [0, 0.05) is 5.92 Å². The Labute approximate surface area is 348 Å². The van der Waals surface area contributed by atoms with Gasteiger partial charge in [-0.1, -0.05) is 190 Å². The first-order valence-corrected chi connectivity index (χ1v) is 24.6. The fourth-order valence-electron chi connectivity index (χ4n) is 7.73. The Morgan fingerprint density at radius 3 is 1.07 bits per heavy atom. The van der Waals surface area contributed by atoms with E-state index in [9.17, 15) is 14.4 Å². The number of rotatable bonds is 42. The standard InChI is InChI=1S/C49H96N2O5/c1-8-14-20-24-26-30-34-45(32-28-22-16-10-3)48(53)55-42-40-51(47(52)44(7)36-39-50(37-18-12-5)38-19-13-6)41-43-56-49(54)46(33-29-23-17-11-4)35-31-27-25-21-15-9-2/h44-46H,8-43H2,1-7H3. The third kappa shape index (κ3) is 30.4. The van der Waals surface area contributed by atoms with Gasteiger partial charge in [-0.2, -0.15) is 0 Å². The summed E-state index contributed by atoms with van der Waals surface area (Å²) in [6.45, 7) is 19.5. The number of hydrogen-bond donors (Lipinski definition) is 0. The number of carbonyl (C=O) groups excluding carboxylic acids is 3. The summed E-state index contributed by atoms with van der Waals surface area (Å²) < 4.78 is 11.9. The number of ether oxygens (including phenoxy) is 2. The van der Waals surface area contributed by atoms with Crippen LogP contribution in [0.2, 0.25) is 0 Å². The molecule has 3 unspecified atom stereocenters. The minimum Gasteiger partial charge on any atom is -0.464 e. The van der Waals surface area contributed by atoms with E-state index < -0.39 is 0 Å². The van der Waals surface area contributed by atoms with E-state index in [2.05, 4.69) is 46.4 Å². The van der Waals surface area contributed by atoms with Crippen molar-refractivity contribution in [1.82, 2.24) is 9.80 Å². The van der Waals surface area contributed by atoms with Crippen LogP contribution in [0.5, 0.6) is 0 Å². The van der Waals surface area contributed by atoms with Gasteiger partial charge in [0.25, 0.3) is 0 Å². The van der Waals surface area contributed by atoms with Crippen LogP contribution in [-0.4, -0.2) is 73.6 Å². The van der Waals surface area contributed by atoms with Crippen molar-refractivity contribution in [2.24, 2.45) is 17.8 Å². The predicted octanol–water partition coefficient (Wildman–Crippen LogP) is 13.5. The molecule has 0 aliphatic rings. The van der Waals surface area contributed by atoms with Crippen molar-refractivity contribution < 1.29 is 23.9 Å². The van der Waals surface area contributed by atoms with Crippen LogP contribution >= 0.6 is 0 Å². The zero-order valence-electron chi connectivity index (χ0n) is 38.6. The van der Waals surface area contributed by atoms with Gasteiger partial charge in [0.05, 0.1) is 24.9 Å². The van der Waals surface area contributed by atoms with Crippen LogP contribution in [0.1, 0.15) is 235 Å². The van der Waals surface area contributed by atoms with Gasteiger partial charge in [-0.3, -0.25) is 14.4 Å². The van der Waals surface area contributed by atoms with Crippen LogP contribution in [-0.2, 0) is 23.9 Å². The number of amides is 1. The molecule has 3 atom stereocenters. The molecule has 0 spiro atoms. The molecule has 0 aromatic heterocycles. The summed E-state index contributed by atoms with van der Waals surface area (Å²) in [7, 11) is 0. The molecule has 1 amide bonds. The van der Waals surface area contributed by atoms with Crippen molar-refractivity contribution in [3.8, 4) is 0 Å². The molecule has 7 nitrogen and oxygen atoms in total. The average molecular weight is 793 g/mol. The lowest BCUT2D eigenvalue weighted by Crippen LogP contribution is -2.41. The fraction of sp³-hybridized carbons (Fsp3) is 0.939. The Balaban J connectivity index is 5.61. The number of hydrogen-bond acceptors (Lipinski definition) is 6. The van der Waals surface area contributed by atoms with Gasteiger partial charge in [0.1, 0.15) is 13.2 Å². The summed E-state index contributed by atoms with van der Waals surface area (Å²) in [5.41, 5.74) is 0. The van der Waals surface area contributed by atoms with Crippen molar-refractivity contribution in [2.75, 3.05) is 45.9 Å². The summed E-state index contributed by atoms with van der Waals surface area (Å²) in [4.78, 5) is 45.3. The van der Waals surface area contributed by atoms with Crippen molar-refractivity contribution >= 4 is 17.8 Å². The highest BCUT2D eigenvalue weighted by Gasteiger charge is 2.25. The van der Waals surface area contributed by atoms with E-state index >= 15 is 0 Å². The van der Waals surface area contributed by atoms with Gasteiger partial charge < -0.3 is 19.3 Å². The molecular formula is C49H96N2O5. The highest BCUT2D eigenvalue weighted by Crippen LogP contribution is 2.22. The maximum Gasteiger partial charge on any atom is 0.308 e. The van der Waals surface area contributed by atoms with Gasteiger partial charge in [-0.25, -0.2) is 0 Å². The third-order valence-electron chi connectivity index (χ3n) is 11.8. The molecule has 0 heterocycles. The summed E-state index contributed by atoms with van der Waals surface area (Å²) in [6, 6.07) is 0. The maximum atomic E-state index is 14.0. The summed E-state index contributed by atoms with van der Waals surface area (Å²) in [6.07, 6.45) is 32.7. The predicted molar refractivity (Wildman–Crippen MR) is 239 cm³/mol. The van der Waals surface area contributed by atoms with E-state index in [1.165, 1.54) is 116 Å². The lowest BCUT2D eigenvalue weighted by Gasteiger charge is -2.28. The molecule has 0 rings (SSSR count). The molecule has 0 aromatic rings. The summed E-state index contributed by atoms with van der Waals surface area (Å²) >= 11 is 0. The largest absolute Gasteiger partial charge is 0.464 e. The molecule has 0 bridgehead atoms. The van der Waals surface area contributed by atoms with Crippen molar-refractivity contribution in [3.05, 3.63) is 0 Å². The number of carbonyl (C=O) groups is 3. The highest BCUT2D eigenvalue weighted by molar-refractivity contribution is 5.78. The third-order valence-corrected chi connectivity index (χ3v) is 11.8. The van der Waals surface area contributed by atoms with Gasteiger partial charge in [-0.15, -0.1) is 0 Å². The zero-order chi connectivity index (χ0) is 41.5. The van der Waals surface area contributed by atoms with Crippen LogP contribution in [0.4, 0.5) is 0 Å². The molecule has 56 heavy (non-hydrogen) atoms. The SMILES string of the molecule is CCCCCCCCC(CCCCCC)C(=O)OCCN(CCOC(=O)C(CCCCCC)CCCCCCCC)C(=O)C(C)CCN(CCCC)CCCC. The second kappa shape index (κ2) is 40.2. The van der Waals surface area contributed by atoms with E-state index in [1.54, 1.807) is 0 Å². The Bertz CT molecular complexity index is 840. The first kappa shape index (κ1) is 54.4. The van der Waals surface area contributed by atoms with E-state index in [0.29, 0.717) is 13.1 Å². The Morgan fingerprint density at radius 2 is 0.714 bits per heavy atom. The van der Waals surface area contributed by atoms with Crippen LogP contribution in [0.3, 0.4) is 0 Å². The minimum absolute atomic E-state index is 0.0643. The quantitative estimate of drug-likeness (QED) is 0.0453. The zero-order valence-corrected chi connectivity index (χ0v) is 38.6. The summed E-state index contributed by atoms with van der Waals surface area (Å²) in [5.74, 6) is -0.449. The maximum absolute atomic E-state index is 14.0. The van der Waals surface area contributed by atoms with Crippen LogP contribution in [0.25, 0.3) is 0 Å². The first-order chi connectivity index (χ1) is 27.3. The minimum atomic E-state index is -0.162. The fourth-order valence-corrected chi connectivity index (χ4v) is 7.73.